The van der Waals surface area contributed by atoms with Gasteiger partial charge in [0.2, 0.25) is 5.91 Å². The predicted molar refractivity (Wildman–Crippen MR) is 162 cm³/mol. The van der Waals surface area contributed by atoms with Gasteiger partial charge < -0.3 is 30.5 Å². The second-order valence-corrected chi connectivity index (χ2v) is 11.3. The molecule has 0 spiro atoms. The first kappa shape index (κ1) is 32.1. The number of amides is 3. The summed E-state index contributed by atoms with van der Waals surface area (Å²) in [6.07, 6.45) is -0.740. The third kappa shape index (κ3) is 8.57. The summed E-state index contributed by atoms with van der Waals surface area (Å²) in [5, 5.41) is 25.5. The molecule has 9 nitrogen and oxygen atoms in total. The van der Waals surface area contributed by atoms with Crippen molar-refractivity contribution in [2.24, 2.45) is 0 Å². The average molecular weight is 576 g/mol. The zero-order valence-electron chi connectivity index (χ0n) is 25.1. The number of nitrogens with one attached hydrogen (secondary N) is 2. The van der Waals surface area contributed by atoms with Crippen molar-refractivity contribution in [2.45, 2.75) is 65.6 Å². The fourth-order valence-corrected chi connectivity index (χ4v) is 4.79. The molecule has 0 saturated heterocycles. The Morgan fingerprint density at radius 1 is 0.881 bits per heavy atom. The highest BCUT2D eigenvalue weighted by Gasteiger charge is 2.37. The molecule has 4 N–H and O–H groups in total. The van der Waals surface area contributed by atoms with Gasteiger partial charge in [-0.25, -0.2) is 4.79 Å². The molecule has 0 saturated carbocycles. The van der Waals surface area contributed by atoms with Crippen molar-refractivity contribution in [3.05, 3.63) is 94.5 Å². The molecule has 0 aromatic heterocycles. The molecule has 224 valence electrons. The number of nitrogens with zero attached hydrogens (tertiary/aromatic N) is 1. The van der Waals surface area contributed by atoms with Crippen LogP contribution >= 0.6 is 0 Å². The van der Waals surface area contributed by atoms with Crippen LogP contribution in [0.15, 0.2) is 66.7 Å². The SMILES string of the molecule is Cc1ccccc1NC(=O)C(c1c(C)cccc1C)N(CCO)C(=O)C(Cc1ccc(O)cc1)NC(=O)OC(C)(C)C. The van der Waals surface area contributed by atoms with Gasteiger partial charge in [0.25, 0.3) is 5.91 Å². The number of carbonyl (C=O) groups excluding carboxylic acids is 3. The minimum atomic E-state index is -1.14. The molecule has 0 heterocycles. The summed E-state index contributed by atoms with van der Waals surface area (Å²) < 4.78 is 5.45. The van der Waals surface area contributed by atoms with Gasteiger partial charge in [0.05, 0.1) is 6.61 Å². The lowest BCUT2D eigenvalue weighted by Gasteiger charge is -2.35. The number of aryl methyl sites for hydroxylation is 3. The molecule has 2 atom stereocenters. The molecule has 42 heavy (non-hydrogen) atoms. The largest absolute Gasteiger partial charge is 0.508 e. The van der Waals surface area contributed by atoms with E-state index >= 15 is 0 Å². The number of rotatable bonds is 10. The Hall–Kier alpha value is -4.37. The highest BCUT2D eigenvalue weighted by atomic mass is 16.6. The fourth-order valence-electron chi connectivity index (χ4n) is 4.79. The van der Waals surface area contributed by atoms with E-state index in [4.69, 9.17) is 4.74 Å². The fraction of sp³-hybridized carbons (Fsp3) is 0.364. The van der Waals surface area contributed by atoms with Crippen molar-refractivity contribution in [1.82, 2.24) is 10.2 Å². The third-order valence-electron chi connectivity index (χ3n) is 6.77. The van der Waals surface area contributed by atoms with Gasteiger partial charge in [-0.15, -0.1) is 0 Å². The Morgan fingerprint density at radius 2 is 1.48 bits per heavy atom. The average Bonchev–Trinajstić information content (AvgIpc) is 2.90. The van der Waals surface area contributed by atoms with E-state index in [0.717, 1.165) is 16.7 Å². The number of hydrogen-bond acceptors (Lipinski definition) is 6. The van der Waals surface area contributed by atoms with E-state index in [1.54, 1.807) is 39.0 Å². The first-order valence-corrected chi connectivity index (χ1v) is 13.9. The van der Waals surface area contributed by atoms with Crippen LogP contribution in [0.25, 0.3) is 0 Å². The van der Waals surface area contributed by atoms with E-state index in [2.05, 4.69) is 10.6 Å². The maximum absolute atomic E-state index is 14.4. The molecule has 0 radical (unpaired) electrons. The van der Waals surface area contributed by atoms with Gasteiger partial charge in [0.15, 0.2) is 0 Å². The van der Waals surface area contributed by atoms with Crippen LogP contribution in [0.2, 0.25) is 0 Å². The van der Waals surface area contributed by atoms with Gasteiger partial charge in [-0.1, -0.05) is 48.5 Å². The zero-order chi connectivity index (χ0) is 31.0. The van der Waals surface area contributed by atoms with Crippen LogP contribution in [0.5, 0.6) is 5.75 Å². The molecule has 3 amide bonds. The lowest BCUT2D eigenvalue weighted by atomic mass is 9.93. The van der Waals surface area contributed by atoms with Gasteiger partial charge in [-0.3, -0.25) is 9.59 Å². The Balaban J connectivity index is 2.10. The lowest BCUT2D eigenvalue weighted by Crippen LogP contribution is -2.54. The summed E-state index contributed by atoms with van der Waals surface area (Å²) in [6.45, 7) is 10.2. The van der Waals surface area contributed by atoms with Crippen LogP contribution in [0.1, 0.15) is 54.6 Å². The Morgan fingerprint density at radius 3 is 2.05 bits per heavy atom. The van der Waals surface area contributed by atoms with Crippen molar-refractivity contribution in [1.29, 1.82) is 0 Å². The number of phenolic OH excluding ortho intramolecular Hbond substituents is 1. The minimum Gasteiger partial charge on any atom is -0.508 e. The monoisotopic (exact) mass is 575 g/mol. The molecular weight excluding hydrogens is 534 g/mol. The van der Waals surface area contributed by atoms with Gasteiger partial charge >= 0.3 is 6.09 Å². The number of phenols is 1. The molecule has 0 bridgehead atoms. The Labute approximate surface area is 247 Å². The molecule has 3 rings (SSSR count). The molecule has 0 fully saturated rings. The molecule has 0 aliphatic heterocycles. The molecule has 9 heteroatoms. The summed E-state index contributed by atoms with van der Waals surface area (Å²) in [7, 11) is 0. The topological polar surface area (TPSA) is 128 Å². The molecule has 0 aliphatic carbocycles. The summed E-state index contributed by atoms with van der Waals surface area (Å²) in [6, 6.07) is 17.0. The van der Waals surface area contributed by atoms with E-state index in [1.165, 1.54) is 17.0 Å². The number of aromatic hydroxyl groups is 1. The number of alkyl carbamates (subject to hydrolysis) is 1. The molecule has 2 unspecified atom stereocenters. The number of aliphatic hydroxyl groups excluding tert-OH is 1. The van der Waals surface area contributed by atoms with Gasteiger partial charge in [-0.05, 0) is 87.6 Å². The minimum absolute atomic E-state index is 0.0547. The first-order valence-electron chi connectivity index (χ1n) is 13.9. The number of aliphatic hydroxyl groups is 1. The third-order valence-corrected chi connectivity index (χ3v) is 6.77. The number of carbonyl (C=O) groups is 3. The number of ether oxygens (including phenoxy) is 1. The second-order valence-electron chi connectivity index (χ2n) is 11.3. The summed E-state index contributed by atoms with van der Waals surface area (Å²) in [4.78, 5) is 42.7. The van der Waals surface area contributed by atoms with Crippen LogP contribution in [0.3, 0.4) is 0 Å². The van der Waals surface area contributed by atoms with Crippen LogP contribution in [0.4, 0.5) is 10.5 Å². The van der Waals surface area contributed by atoms with Crippen LogP contribution < -0.4 is 10.6 Å². The number of hydrogen-bond donors (Lipinski definition) is 4. The van der Waals surface area contributed by atoms with Crippen molar-refractivity contribution in [2.75, 3.05) is 18.5 Å². The van der Waals surface area contributed by atoms with Crippen molar-refractivity contribution in [3.8, 4) is 5.75 Å². The van der Waals surface area contributed by atoms with Crippen LogP contribution in [-0.4, -0.2) is 57.8 Å². The molecule has 0 aliphatic rings. The van der Waals surface area contributed by atoms with Crippen molar-refractivity contribution >= 4 is 23.6 Å². The van der Waals surface area contributed by atoms with Crippen LogP contribution in [0, 0.1) is 20.8 Å². The number of benzene rings is 3. The van der Waals surface area contributed by atoms with Gasteiger partial charge in [0, 0.05) is 18.7 Å². The van der Waals surface area contributed by atoms with Crippen LogP contribution in [-0.2, 0) is 20.7 Å². The van der Waals surface area contributed by atoms with Crippen molar-refractivity contribution in [3.63, 3.8) is 0 Å². The summed E-state index contributed by atoms with van der Waals surface area (Å²) in [5.41, 5.74) is 3.53. The highest BCUT2D eigenvalue weighted by Crippen LogP contribution is 2.30. The number of anilines is 1. The first-order chi connectivity index (χ1) is 19.8. The molecule has 3 aromatic rings. The maximum atomic E-state index is 14.4. The predicted octanol–water partition coefficient (Wildman–Crippen LogP) is 4.95. The zero-order valence-corrected chi connectivity index (χ0v) is 25.1. The van der Waals surface area contributed by atoms with E-state index in [-0.39, 0.29) is 18.7 Å². The van der Waals surface area contributed by atoms with E-state index in [0.29, 0.717) is 16.8 Å². The van der Waals surface area contributed by atoms with E-state index < -0.39 is 42.2 Å². The van der Waals surface area contributed by atoms with E-state index in [1.807, 2.05) is 57.2 Å². The quantitative estimate of drug-likeness (QED) is 0.271. The molecular formula is C33H41N3O6. The van der Waals surface area contributed by atoms with Gasteiger partial charge in [0.1, 0.15) is 23.4 Å². The number of para-hydroxylation sites is 1. The highest BCUT2D eigenvalue weighted by molar-refractivity contribution is 5.99. The Kier molecular flexibility index (Phi) is 10.7. The normalized spacial score (nSPS) is 12.6. The lowest BCUT2D eigenvalue weighted by molar-refractivity contribution is -0.141. The van der Waals surface area contributed by atoms with E-state index in [9.17, 15) is 24.6 Å². The molecule has 3 aromatic carbocycles. The summed E-state index contributed by atoms with van der Waals surface area (Å²) in [5.74, 6) is -0.966. The smallest absolute Gasteiger partial charge is 0.408 e. The summed E-state index contributed by atoms with van der Waals surface area (Å²) >= 11 is 0. The Bertz CT molecular complexity index is 1380. The maximum Gasteiger partial charge on any atom is 0.408 e. The van der Waals surface area contributed by atoms with Crippen molar-refractivity contribution < 1.29 is 29.3 Å². The van der Waals surface area contributed by atoms with Gasteiger partial charge in [-0.2, -0.15) is 0 Å². The standard InChI is InChI=1S/C33H41N3O6/c1-21-10-7-8-13-26(21)34-30(39)29(28-22(2)11-9-12-23(28)3)36(18-19-37)31(40)27(35-32(41)42-33(4,5)6)20-24-14-16-25(38)17-15-24/h7-17,27,29,37-38H,18-20H2,1-6H3,(H,34,39)(H,35,41). The second kappa shape index (κ2) is 14.0.